The van der Waals surface area contributed by atoms with Crippen molar-refractivity contribution in [2.24, 2.45) is 0 Å². The summed E-state index contributed by atoms with van der Waals surface area (Å²) < 4.78 is 55.5. The minimum Gasteiger partial charge on any atom is -0.497 e. The lowest BCUT2D eigenvalue weighted by molar-refractivity contribution is 0.368. The molecule has 31 heavy (non-hydrogen) atoms. The largest absolute Gasteiger partial charge is 0.673 e. The van der Waals surface area contributed by atoms with E-state index in [0.717, 1.165) is 34.3 Å². The van der Waals surface area contributed by atoms with Gasteiger partial charge in [-0.05, 0) is 36.4 Å². The van der Waals surface area contributed by atoms with Crippen LogP contribution in [0, 0.1) is 0 Å². The highest BCUT2D eigenvalue weighted by atomic mass is 19.5. The highest BCUT2D eigenvalue weighted by Gasteiger charge is 2.31. The van der Waals surface area contributed by atoms with E-state index in [-0.39, 0.29) is 0 Å². The number of nitrogens with zero attached hydrogens (tertiary/aromatic N) is 1. The van der Waals surface area contributed by atoms with Crippen LogP contribution in [0.15, 0.2) is 72.8 Å². The molecule has 0 aliphatic rings. The number of rotatable bonds is 6. The summed E-state index contributed by atoms with van der Waals surface area (Å²) >= 11 is 0. The summed E-state index contributed by atoms with van der Waals surface area (Å²) in [6.45, 7) is 0. The van der Waals surface area contributed by atoms with Crippen LogP contribution < -0.4 is 18.7 Å². The average molecular weight is 437 g/mol. The number of halogens is 4. The van der Waals surface area contributed by atoms with Gasteiger partial charge in [0.2, 0.25) is 0 Å². The Balaban J connectivity index is 0.000000614. The van der Waals surface area contributed by atoms with Crippen molar-refractivity contribution in [3.8, 4) is 17.2 Å². The SMILES string of the molecule is COc1ccc([N+](C)(c2ccc(OC)cc2)c2ccc(OC)cc2)cc1.F[B-](F)(F)F. The molecule has 0 saturated heterocycles. The van der Waals surface area contributed by atoms with E-state index >= 15 is 0 Å². The summed E-state index contributed by atoms with van der Waals surface area (Å²) in [6, 6.07) is 24.5. The molecule has 0 heterocycles. The van der Waals surface area contributed by atoms with Gasteiger partial charge in [0, 0.05) is 36.4 Å². The lowest BCUT2D eigenvalue weighted by atomic mass is 10.1. The topological polar surface area (TPSA) is 27.7 Å². The molecule has 166 valence electrons. The standard InChI is InChI=1S/C22H24NO3.BF4/c1-23(17-5-11-20(24-2)12-6-17,18-7-13-21(25-3)14-8-18)19-9-15-22(26-4)16-10-19;2-1(3,4)5/h5-16H,1-4H3;/q+1;-1. The third-order valence-electron chi connectivity index (χ3n) is 4.77. The Labute approximate surface area is 179 Å². The van der Waals surface area contributed by atoms with Gasteiger partial charge >= 0.3 is 7.25 Å². The molecule has 0 aromatic heterocycles. The predicted molar refractivity (Wildman–Crippen MR) is 116 cm³/mol. The lowest BCUT2D eigenvalue weighted by Crippen LogP contribution is -2.33. The molecule has 3 rings (SSSR count). The molecule has 0 saturated carbocycles. The molecule has 0 atom stereocenters. The maximum absolute atomic E-state index is 9.75. The molecule has 3 aromatic carbocycles. The van der Waals surface area contributed by atoms with Gasteiger partial charge in [0.1, 0.15) is 34.3 Å². The molecule has 0 aliphatic heterocycles. The van der Waals surface area contributed by atoms with E-state index in [9.17, 15) is 17.3 Å². The molecular formula is C22H24BF4NO3. The molecule has 0 radical (unpaired) electrons. The van der Waals surface area contributed by atoms with E-state index in [2.05, 4.69) is 43.4 Å². The number of methoxy groups -OCH3 is 3. The fourth-order valence-corrected chi connectivity index (χ4v) is 3.09. The zero-order valence-electron chi connectivity index (χ0n) is 17.7. The van der Waals surface area contributed by atoms with Crippen LogP contribution in [0.2, 0.25) is 0 Å². The summed E-state index contributed by atoms with van der Waals surface area (Å²) in [5, 5.41) is 0. The second-order valence-corrected chi connectivity index (χ2v) is 6.60. The Morgan fingerprint density at radius 3 is 0.871 bits per heavy atom. The number of quaternary nitrogens is 1. The van der Waals surface area contributed by atoms with Crippen LogP contribution in [-0.2, 0) is 0 Å². The van der Waals surface area contributed by atoms with Gasteiger partial charge in [-0.2, -0.15) is 0 Å². The van der Waals surface area contributed by atoms with Gasteiger partial charge in [-0.1, -0.05) is 0 Å². The molecule has 0 bridgehead atoms. The van der Waals surface area contributed by atoms with Crippen molar-refractivity contribution in [1.29, 1.82) is 0 Å². The normalized spacial score (nSPS) is 11.2. The molecular weight excluding hydrogens is 413 g/mol. The molecule has 9 heteroatoms. The number of ether oxygens (including phenoxy) is 3. The number of benzene rings is 3. The highest BCUT2D eigenvalue weighted by molar-refractivity contribution is 6.50. The van der Waals surface area contributed by atoms with Gasteiger partial charge in [-0.25, -0.2) is 4.48 Å². The van der Waals surface area contributed by atoms with E-state index in [1.54, 1.807) is 21.3 Å². The van der Waals surface area contributed by atoms with Gasteiger partial charge in [0.25, 0.3) is 0 Å². The molecule has 0 spiro atoms. The van der Waals surface area contributed by atoms with Gasteiger partial charge in [-0.15, -0.1) is 0 Å². The van der Waals surface area contributed by atoms with Crippen LogP contribution in [0.25, 0.3) is 0 Å². The van der Waals surface area contributed by atoms with Gasteiger partial charge in [0.05, 0.1) is 28.4 Å². The first-order chi connectivity index (χ1) is 14.6. The van der Waals surface area contributed by atoms with Crippen LogP contribution in [0.4, 0.5) is 34.3 Å². The van der Waals surface area contributed by atoms with Crippen molar-refractivity contribution in [2.75, 3.05) is 28.4 Å². The van der Waals surface area contributed by atoms with Gasteiger partial charge < -0.3 is 31.5 Å². The number of hydrogen-bond acceptors (Lipinski definition) is 3. The van der Waals surface area contributed by atoms with Gasteiger partial charge in [-0.3, -0.25) is 0 Å². The van der Waals surface area contributed by atoms with Crippen LogP contribution in [0.1, 0.15) is 0 Å². The Hall–Kier alpha value is -3.20. The molecule has 0 N–H and O–H groups in total. The second-order valence-electron chi connectivity index (χ2n) is 6.60. The third-order valence-corrected chi connectivity index (χ3v) is 4.77. The van der Waals surface area contributed by atoms with Gasteiger partial charge in [0.15, 0.2) is 0 Å². The second kappa shape index (κ2) is 10.2. The van der Waals surface area contributed by atoms with Crippen molar-refractivity contribution in [1.82, 2.24) is 4.48 Å². The minimum atomic E-state index is -6.00. The quantitative estimate of drug-likeness (QED) is 0.247. The van der Waals surface area contributed by atoms with Crippen LogP contribution in [-0.4, -0.2) is 35.6 Å². The summed E-state index contributed by atoms with van der Waals surface area (Å²) in [5.74, 6) is 2.51. The van der Waals surface area contributed by atoms with Crippen molar-refractivity contribution in [3.05, 3.63) is 72.8 Å². The van der Waals surface area contributed by atoms with E-state index in [0.29, 0.717) is 4.48 Å². The fourth-order valence-electron chi connectivity index (χ4n) is 3.09. The molecule has 0 amide bonds. The fraction of sp³-hybridized carbons (Fsp3) is 0.182. The van der Waals surface area contributed by atoms with Crippen molar-refractivity contribution in [3.63, 3.8) is 0 Å². The summed E-state index contributed by atoms with van der Waals surface area (Å²) in [7, 11) is 1.20. The maximum atomic E-state index is 9.75. The zero-order valence-corrected chi connectivity index (χ0v) is 17.7. The van der Waals surface area contributed by atoms with E-state index < -0.39 is 7.25 Å². The Morgan fingerprint density at radius 2 is 0.710 bits per heavy atom. The molecule has 0 fully saturated rings. The first-order valence-electron chi connectivity index (χ1n) is 9.29. The number of hydrogen-bond donors (Lipinski definition) is 0. The monoisotopic (exact) mass is 437 g/mol. The Morgan fingerprint density at radius 1 is 0.516 bits per heavy atom. The molecule has 0 unspecified atom stereocenters. The summed E-state index contributed by atoms with van der Waals surface area (Å²) in [4.78, 5) is 0. The first kappa shape index (κ1) is 24.1. The lowest BCUT2D eigenvalue weighted by Gasteiger charge is -2.33. The first-order valence-corrected chi connectivity index (χ1v) is 9.29. The summed E-state index contributed by atoms with van der Waals surface area (Å²) in [5.41, 5.74) is 3.38. The molecule has 3 aromatic rings. The smallest absolute Gasteiger partial charge is 0.497 e. The van der Waals surface area contributed by atoms with E-state index in [1.807, 2.05) is 36.4 Å². The highest BCUT2D eigenvalue weighted by Crippen LogP contribution is 2.43. The third kappa shape index (κ3) is 6.39. The Kier molecular flexibility index (Phi) is 7.93. The van der Waals surface area contributed by atoms with Crippen molar-refractivity contribution < 1.29 is 31.5 Å². The van der Waals surface area contributed by atoms with Crippen molar-refractivity contribution >= 4 is 24.3 Å². The van der Waals surface area contributed by atoms with Crippen molar-refractivity contribution in [2.45, 2.75) is 0 Å². The van der Waals surface area contributed by atoms with E-state index in [1.165, 1.54) is 0 Å². The van der Waals surface area contributed by atoms with E-state index in [4.69, 9.17) is 14.2 Å². The molecule has 4 nitrogen and oxygen atoms in total. The zero-order chi connectivity index (χ0) is 23.1. The van der Waals surface area contributed by atoms with Crippen LogP contribution >= 0.6 is 0 Å². The maximum Gasteiger partial charge on any atom is 0.673 e. The molecule has 0 aliphatic carbocycles. The van der Waals surface area contributed by atoms with Crippen LogP contribution in [0.3, 0.4) is 0 Å². The minimum absolute atomic E-state index is 0.512. The summed E-state index contributed by atoms with van der Waals surface area (Å²) in [6.07, 6.45) is 0. The average Bonchev–Trinajstić information content (AvgIpc) is 2.77. The van der Waals surface area contributed by atoms with Crippen LogP contribution in [0.5, 0.6) is 17.2 Å². The Bertz CT molecular complexity index is 825. The predicted octanol–water partition coefficient (Wildman–Crippen LogP) is 6.61.